The van der Waals surface area contributed by atoms with Crippen LogP contribution in [0.5, 0.6) is 11.8 Å². The molecule has 2 aromatic heterocycles. The lowest BCUT2D eigenvalue weighted by Crippen LogP contribution is -2.28. The maximum atomic E-state index is 14.6. The van der Waals surface area contributed by atoms with E-state index in [2.05, 4.69) is 20.8 Å². The highest BCUT2D eigenvalue weighted by atomic mass is 19.1. The molecule has 10 heteroatoms. The summed E-state index contributed by atoms with van der Waals surface area (Å²) < 4.78 is 32.4. The fourth-order valence-electron chi connectivity index (χ4n) is 6.54. The molecule has 0 spiro atoms. The number of fused-ring (bicyclic) bond motifs is 3. The number of phenols is 1. The van der Waals surface area contributed by atoms with E-state index < -0.39 is 18.1 Å². The van der Waals surface area contributed by atoms with Crippen molar-refractivity contribution < 1.29 is 23.7 Å². The first-order valence-corrected chi connectivity index (χ1v) is 14.2. The summed E-state index contributed by atoms with van der Waals surface area (Å²) in [6.45, 7) is 4.27. The van der Waals surface area contributed by atoms with Gasteiger partial charge in [0, 0.05) is 42.3 Å². The highest BCUT2D eigenvalue weighted by Gasteiger charge is 2.35. The third-order valence-electron chi connectivity index (χ3n) is 8.48. The molecule has 4 atom stereocenters. The number of aliphatic hydroxyl groups excluding tert-OH is 1. The van der Waals surface area contributed by atoms with Gasteiger partial charge < -0.3 is 19.8 Å². The fourth-order valence-corrected chi connectivity index (χ4v) is 6.54. The Morgan fingerprint density at radius 3 is 2.69 bits per heavy atom. The third kappa shape index (κ3) is 5.19. The number of β-amino-alcohol motifs (C(OH)–C–C–N with tert-alkyl or cyclic N) is 1. The number of pyridine rings is 1. The van der Waals surface area contributed by atoms with Crippen molar-refractivity contribution in [3.8, 4) is 35.4 Å². The molecule has 3 aliphatic heterocycles. The Morgan fingerprint density at radius 2 is 1.98 bits per heavy atom. The molecule has 2 N–H and O–H groups in total. The average Bonchev–Trinajstić information content (AvgIpc) is 3.66. The quantitative estimate of drug-likeness (QED) is 0.337. The zero-order chi connectivity index (χ0) is 29.5. The number of nitrogens with zero attached hydrogens (tertiary/aromatic N) is 5. The standard InChI is InChI=1S/C25H21FN4O3.C7H12FN/c1-4-17-20(26)6-5-14-8-15(31)9-18(23(14)17)21-10-22-19(11-27-25(29-22)33-3)24(28-21)30-12-16(32)7-13(30)2;8-6-4-7-2-1-3-9(7)5-6/h1,5-6,8-11,13,16,31-32H,7,12H2,2-3H3;6-7H,1-5H2. The second-order valence-electron chi connectivity index (χ2n) is 11.3. The topological polar surface area (TPSA) is 94.8 Å². The Morgan fingerprint density at radius 1 is 1.14 bits per heavy atom. The molecule has 0 radical (unpaired) electrons. The minimum atomic E-state index is -0.529. The van der Waals surface area contributed by atoms with E-state index in [1.165, 1.54) is 38.2 Å². The molecule has 2 aromatic carbocycles. The Bertz CT molecular complexity index is 1680. The molecular weight excluding hydrogens is 540 g/mol. The Kier molecular flexibility index (Phi) is 7.56. The summed E-state index contributed by atoms with van der Waals surface area (Å²) in [4.78, 5) is 17.9. The molecule has 4 unspecified atom stereocenters. The van der Waals surface area contributed by atoms with Crippen LogP contribution in [0.3, 0.4) is 0 Å². The van der Waals surface area contributed by atoms with E-state index in [0.717, 1.165) is 13.0 Å². The van der Waals surface area contributed by atoms with Crippen molar-refractivity contribution in [1.29, 1.82) is 0 Å². The first kappa shape index (κ1) is 28.1. The van der Waals surface area contributed by atoms with Gasteiger partial charge in [0.25, 0.3) is 0 Å². The molecule has 3 saturated heterocycles. The minimum absolute atomic E-state index is 0.000701. The number of alkyl halides is 1. The van der Waals surface area contributed by atoms with Crippen molar-refractivity contribution in [2.75, 3.05) is 31.6 Å². The number of anilines is 1. The molecule has 0 amide bonds. The summed E-state index contributed by atoms with van der Waals surface area (Å²) >= 11 is 0. The second kappa shape index (κ2) is 11.3. The van der Waals surface area contributed by atoms with E-state index in [1.807, 2.05) is 11.8 Å². The maximum Gasteiger partial charge on any atom is 0.316 e. The van der Waals surface area contributed by atoms with Crippen molar-refractivity contribution >= 4 is 27.5 Å². The monoisotopic (exact) mass is 573 g/mol. The predicted octanol–water partition coefficient (Wildman–Crippen LogP) is 4.83. The first-order chi connectivity index (χ1) is 20.2. The minimum Gasteiger partial charge on any atom is -0.508 e. The van der Waals surface area contributed by atoms with Crippen molar-refractivity contribution in [1.82, 2.24) is 19.9 Å². The number of aliphatic hydroxyl groups is 1. The summed E-state index contributed by atoms with van der Waals surface area (Å²) in [5, 5.41) is 22.4. The number of aromatic nitrogens is 3. The molecule has 0 aliphatic carbocycles. The summed E-state index contributed by atoms with van der Waals surface area (Å²) in [7, 11) is 1.48. The zero-order valence-corrected chi connectivity index (χ0v) is 23.6. The van der Waals surface area contributed by atoms with Gasteiger partial charge in [0.05, 0.1) is 35.4 Å². The number of halogens is 2. The number of phenolic OH excluding ortho intramolecular Hbond substituents is 1. The van der Waals surface area contributed by atoms with Crippen LogP contribution in [-0.4, -0.2) is 81.2 Å². The summed E-state index contributed by atoms with van der Waals surface area (Å²) in [5.41, 5.74) is 1.59. The third-order valence-corrected chi connectivity index (χ3v) is 8.48. The van der Waals surface area contributed by atoms with E-state index in [1.54, 1.807) is 18.3 Å². The molecule has 8 nitrogen and oxygen atoms in total. The van der Waals surface area contributed by atoms with Gasteiger partial charge in [-0.1, -0.05) is 12.0 Å². The van der Waals surface area contributed by atoms with Crippen LogP contribution in [-0.2, 0) is 0 Å². The largest absolute Gasteiger partial charge is 0.508 e. The van der Waals surface area contributed by atoms with Gasteiger partial charge in [-0.25, -0.2) is 18.7 Å². The van der Waals surface area contributed by atoms with Crippen LogP contribution in [0.15, 0.2) is 36.5 Å². The van der Waals surface area contributed by atoms with Gasteiger partial charge in [-0.05, 0) is 68.8 Å². The van der Waals surface area contributed by atoms with Gasteiger partial charge >= 0.3 is 6.01 Å². The first-order valence-electron chi connectivity index (χ1n) is 14.2. The number of ether oxygens (including phenoxy) is 1. The van der Waals surface area contributed by atoms with Crippen LogP contribution in [0.25, 0.3) is 32.9 Å². The average molecular weight is 574 g/mol. The molecule has 3 fully saturated rings. The predicted molar refractivity (Wildman–Crippen MR) is 158 cm³/mol. The van der Waals surface area contributed by atoms with E-state index in [9.17, 15) is 19.0 Å². The van der Waals surface area contributed by atoms with Crippen LogP contribution < -0.4 is 9.64 Å². The number of aromatic hydroxyl groups is 1. The summed E-state index contributed by atoms with van der Waals surface area (Å²) in [6.07, 6.45) is 10.2. The van der Waals surface area contributed by atoms with Gasteiger partial charge in [0.1, 0.15) is 23.6 Å². The molecule has 0 saturated carbocycles. The van der Waals surface area contributed by atoms with E-state index in [0.29, 0.717) is 64.3 Å². The molecule has 4 aromatic rings. The summed E-state index contributed by atoms with van der Waals surface area (Å²) in [6, 6.07) is 8.47. The van der Waals surface area contributed by atoms with Crippen molar-refractivity contribution in [3.05, 3.63) is 47.9 Å². The number of methoxy groups -OCH3 is 1. The normalized spacial score (nSPS) is 23.6. The highest BCUT2D eigenvalue weighted by molar-refractivity contribution is 6.03. The zero-order valence-electron chi connectivity index (χ0n) is 23.6. The van der Waals surface area contributed by atoms with E-state index in [-0.39, 0.29) is 23.4 Å². The molecular formula is C32H33F2N5O3. The molecule has 7 rings (SSSR count). The Labute approximate surface area is 243 Å². The number of hydrogen-bond donors (Lipinski definition) is 2. The fraction of sp³-hybridized carbons (Fsp3) is 0.406. The molecule has 218 valence electrons. The molecule has 5 heterocycles. The van der Waals surface area contributed by atoms with Gasteiger partial charge in [0.2, 0.25) is 0 Å². The lowest BCUT2D eigenvalue weighted by Gasteiger charge is -2.24. The van der Waals surface area contributed by atoms with Crippen LogP contribution in [0.2, 0.25) is 0 Å². The van der Waals surface area contributed by atoms with E-state index >= 15 is 0 Å². The van der Waals surface area contributed by atoms with Crippen molar-refractivity contribution in [2.45, 2.75) is 57.0 Å². The van der Waals surface area contributed by atoms with Crippen LogP contribution in [0.1, 0.15) is 38.2 Å². The second-order valence-corrected chi connectivity index (χ2v) is 11.3. The Balaban J connectivity index is 0.000000296. The number of rotatable bonds is 3. The lowest BCUT2D eigenvalue weighted by atomic mass is 9.96. The SMILES string of the molecule is C#Cc1c(F)ccc2cc(O)cc(-c3cc4nc(OC)ncc4c(N4CC(O)CC4C)n3)c12.FC1CC2CCCN2C1. The number of benzene rings is 2. The van der Waals surface area contributed by atoms with Crippen molar-refractivity contribution in [3.63, 3.8) is 0 Å². The smallest absolute Gasteiger partial charge is 0.316 e. The molecule has 0 bridgehead atoms. The van der Waals surface area contributed by atoms with Gasteiger partial charge in [-0.3, -0.25) is 4.90 Å². The van der Waals surface area contributed by atoms with Gasteiger partial charge in [-0.15, -0.1) is 6.42 Å². The van der Waals surface area contributed by atoms with Crippen LogP contribution >= 0.6 is 0 Å². The van der Waals surface area contributed by atoms with Crippen LogP contribution in [0, 0.1) is 18.2 Å². The maximum absolute atomic E-state index is 14.6. The number of hydrogen-bond acceptors (Lipinski definition) is 8. The van der Waals surface area contributed by atoms with Crippen molar-refractivity contribution in [2.24, 2.45) is 0 Å². The Hall–Kier alpha value is -4.07. The van der Waals surface area contributed by atoms with Gasteiger partial charge in [0.15, 0.2) is 0 Å². The van der Waals surface area contributed by atoms with Gasteiger partial charge in [-0.2, -0.15) is 4.98 Å². The lowest BCUT2D eigenvalue weighted by molar-refractivity contribution is 0.195. The summed E-state index contributed by atoms with van der Waals surface area (Å²) in [5.74, 6) is 2.49. The highest BCUT2D eigenvalue weighted by Crippen LogP contribution is 2.39. The van der Waals surface area contributed by atoms with E-state index in [4.69, 9.17) is 16.1 Å². The number of terminal acetylenes is 1. The van der Waals surface area contributed by atoms with Crippen LogP contribution in [0.4, 0.5) is 14.6 Å². The molecule has 42 heavy (non-hydrogen) atoms. The molecule has 3 aliphatic rings.